The maximum absolute atomic E-state index is 6.15. The summed E-state index contributed by atoms with van der Waals surface area (Å²) in [5.74, 6) is 1.90. The predicted octanol–water partition coefficient (Wildman–Crippen LogP) is 3.60. The summed E-state index contributed by atoms with van der Waals surface area (Å²) in [7, 11) is 0. The highest BCUT2D eigenvalue weighted by molar-refractivity contribution is 5.78. The molecule has 6 rings (SSSR count). The van der Waals surface area contributed by atoms with Gasteiger partial charge in [-0.25, -0.2) is 4.98 Å². The average molecular weight is 433 g/mol. The van der Waals surface area contributed by atoms with E-state index in [1.807, 2.05) is 36.4 Å². The van der Waals surface area contributed by atoms with E-state index in [4.69, 9.17) is 25.0 Å². The van der Waals surface area contributed by atoms with Crippen LogP contribution in [0.4, 0.5) is 17.2 Å². The summed E-state index contributed by atoms with van der Waals surface area (Å²) in [5.41, 5.74) is 10.2. The van der Waals surface area contributed by atoms with Gasteiger partial charge in [-0.15, -0.1) is 0 Å². The van der Waals surface area contributed by atoms with Gasteiger partial charge < -0.3 is 24.8 Å². The van der Waals surface area contributed by atoms with Gasteiger partial charge in [-0.2, -0.15) is 4.98 Å². The van der Waals surface area contributed by atoms with Crippen molar-refractivity contribution in [3.05, 3.63) is 36.4 Å². The molecule has 8 nitrogen and oxygen atoms in total. The molecule has 32 heavy (non-hydrogen) atoms. The van der Waals surface area contributed by atoms with Gasteiger partial charge in [-0.1, -0.05) is 11.2 Å². The number of pyridine rings is 1. The highest BCUT2D eigenvalue weighted by Crippen LogP contribution is 2.54. The van der Waals surface area contributed by atoms with E-state index in [0.29, 0.717) is 36.0 Å². The van der Waals surface area contributed by atoms with Crippen LogP contribution in [0.15, 0.2) is 40.9 Å². The van der Waals surface area contributed by atoms with Crippen LogP contribution in [0.2, 0.25) is 0 Å². The summed E-state index contributed by atoms with van der Waals surface area (Å²) in [6.45, 7) is 5.19. The van der Waals surface area contributed by atoms with Crippen molar-refractivity contribution in [2.24, 2.45) is 5.41 Å². The molecule has 0 unspecified atom stereocenters. The first kappa shape index (κ1) is 19.5. The van der Waals surface area contributed by atoms with Crippen LogP contribution in [0.25, 0.3) is 23.0 Å². The minimum atomic E-state index is 0.425. The number of nitrogens with zero attached hydrogens (tertiary/aromatic N) is 5. The molecule has 1 saturated carbocycles. The fraction of sp³-hybridized carbons (Fsp3) is 0.458. The molecular weight excluding hydrogens is 404 g/mol. The van der Waals surface area contributed by atoms with E-state index in [2.05, 4.69) is 15.0 Å². The molecule has 0 atom stereocenters. The van der Waals surface area contributed by atoms with Gasteiger partial charge in [0.1, 0.15) is 11.5 Å². The van der Waals surface area contributed by atoms with Crippen LogP contribution in [0.3, 0.4) is 0 Å². The van der Waals surface area contributed by atoms with Crippen LogP contribution in [-0.2, 0) is 4.74 Å². The molecule has 0 amide bonds. The second-order valence-electron chi connectivity index (χ2n) is 9.17. The van der Waals surface area contributed by atoms with Crippen LogP contribution < -0.4 is 15.5 Å². The summed E-state index contributed by atoms with van der Waals surface area (Å²) < 4.78 is 11.1. The van der Waals surface area contributed by atoms with Gasteiger partial charge in [0.05, 0.1) is 13.2 Å². The fourth-order valence-electron chi connectivity index (χ4n) is 4.85. The largest absolute Gasteiger partial charge is 0.399 e. The summed E-state index contributed by atoms with van der Waals surface area (Å²) in [4.78, 5) is 14.1. The second kappa shape index (κ2) is 7.78. The number of aromatic nitrogens is 3. The lowest BCUT2D eigenvalue weighted by molar-refractivity contribution is 0.122. The Labute approximate surface area is 187 Å². The molecule has 1 spiro atoms. The number of piperidine rings is 1. The molecule has 0 bridgehead atoms. The maximum Gasteiger partial charge on any atom is 0.276 e. The second-order valence-corrected chi connectivity index (χ2v) is 9.17. The van der Waals surface area contributed by atoms with Crippen LogP contribution in [0.1, 0.15) is 25.7 Å². The molecule has 2 aromatic heterocycles. The molecule has 3 fully saturated rings. The molecular formula is C24H28N6O2. The Hall–Kier alpha value is -3.13. The Morgan fingerprint density at radius 1 is 0.875 bits per heavy atom. The highest BCUT2D eigenvalue weighted by atomic mass is 16.5. The van der Waals surface area contributed by atoms with Gasteiger partial charge in [0.15, 0.2) is 0 Å². The SMILES string of the molecule is Nc1ccc(-c2noc(-c3cccc(N4CCOCC4)n3)n2)c(N2CCC3(CC2)CC3)c1. The number of ether oxygens (including phenoxy) is 1. The zero-order valence-electron chi connectivity index (χ0n) is 18.2. The molecule has 0 radical (unpaired) electrons. The third-order valence-electron chi connectivity index (χ3n) is 7.10. The first-order chi connectivity index (χ1) is 15.7. The van der Waals surface area contributed by atoms with E-state index in [1.54, 1.807) is 0 Å². The summed E-state index contributed by atoms with van der Waals surface area (Å²) in [6, 6.07) is 11.8. The van der Waals surface area contributed by atoms with E-state index < -0.39 is 0 Å². The zero-order chi connectivity index (χ0) is 21.5. The highest BCUT2D eigenvalue weighted by Gasteiger charge is 2.44. The van der Waals surface area contributed by atoms with E-state index in [-0.39, 0.29) is 0 Å². The van der Waals surface area contributed by atoms with Crippen LogP contribution in [0.5, 0.6) is 0 Å². The molecule has 2 aliphatic heterocycles. The van der Waals surface area contributed by atoms with Crippen molar-refractivity contribution in [2.75, 3.05) is 54.9 Å². The standard InChI is InChI=1S/C24H28N6O2/c25-17-4-5-18(20(16-17)29-10-8-24(6-7-24)9-11-29)22-27-23(32-28-22)19-2-1-3-21(26-19)30-12-14-31-15-13-30/h1-5,16H,6-15,25H2. The third-order valence-corrected chi connectivity index (χ3v) is 7.10. The number of rotatable bonds is 4. The van der Waals surface area contributed by atoms with Crippen molar-refractivity contribution < 1.29 is 9.26 Å². The van der Waals surface area contributed by atoms with Crippen molar-refractivity contribution in [3.63, 3.8) is 0 Å². The van der Waals surface area contributed by atoms with E-state index >= 15 is 0 Å². The Balaban J connectivity index is 1.28. The first-order valence-electron chi connectivity index (χ1n) is 11.5. The molecule has 2 N–H and O–H groups in total. The van der Waals surface area contributed by atoms with Gasteiger partial charge in [-0.05, 0) is 61.4 Å². The van der Waals surface area contributed by atoms with E-state index in [9.17, 15) is 0 Å². The van der Waals surface area contributed by atoms with Gasteiger partial charge in [0, 0.05) is 43.1 Å². The lowest BCUT2D eigenvalue weighted by Gasteiger charge is -2.34. The summed E-state index contributed by atoms with van der Waals surface area (Å²) in [5, 5.41) is 4.30. The van der Waals surface area contributed by atoms with Crippen molar-refractivity contribution in [1.29, 1.82) is 0 Å². The van der Waals surface area contributed by atoms with Gasteiger partial charge in [-0.3, -0.25) is 0 Å². The molecule has 3 aliphatic rings. The lowest BCUT2D eigenvalue weighted by Crippen LogP contribution is -2.36. The Morgan fingerprint density at radius 3 is 2.47 bits per heavy atom. The zero-order valence-corrected chi connectivity index (χ0v) is 18.2. The van der Waals surface area contributed by atoms with Gasteiger partial charge in [0.2, 0.25) is 5.82 Å². The number of benzene rings is 1. The quantitative estimate of drug-likeness (QED) is 0.625. The number of hydrogen-bond donors (Lipinski definition) is 1. The van der Waals surface area contributed by atoms with Crippen LogP contribution in [-0.4, -0.2) is 54.5 Å². The summed E-state index contributed by atoms with van der Waals surface area (Å²) >= 11 is 0. The van der Waals surface area contributed by atoms with E-state index in [0.717, 1.165) is 48.9 Å². The Morgan fingerprint density at radius 2 is 1.69 bits per heavy atom. The smallest absolute Gasteiger partial charge is 0.276 e. The van der Waals surface area contributed by atoms with E-state index in [1.165, 1.54) is 25.7 Å². The number of hydrogen-bond acceptors (Lipinski definition) is 8. The van der Waals surface area contributed by atoms with Crippen molar-refractivity contribution in [3.8, 4) is 23.0 Å². The first-order valence-corrected chi connectivity index (χ1v) is 11.5. The lowest BCUT2D eigenvalue weighted by atomic mass is 9.93. The van der Waals surface area contributed by atoms with Crippen molar-refractivity contribution in [2.45, 2.75) is 25.7 Å². The molecule has 8 heteroatoms. The normalized spacial score (nSPS) is 20.0. The molecule has 3 aromatic rings. The maximum atomic E-state index is 6.15. The van der Waals surface area contributed by atoms with Crippen LogP contribution >= 0.6 is 0 Å². The number of nitrogen functional groups attached to an aromatic ring is 1. The molecule has 1 aliphatic carbocycles. The average Bonchev–Trinajstić information content (AvgIpc) is 3.40. The number of morpholine rings is 1. The topological polar surface area (TPSA) is 93.5 Å². The Bertz CT molecular complexity index is 1110. The molecule has 2 saturated heterocycles. The minimum Gasteiger partial charge on any atom is -0.399 e. The monoisotopic (exact) mass is 432 g/mol. The fourth-order valence-corrected chi connectivity index (χ4v) is 4.85. The van der Waals surface area contributed by atoms with Crippen LogP contribution in [0, 0.1) is 5.41 Å². The number of anilines is 3. The summed E-state index contributed by atoms with van der Waals surface area (Å²) in [6.07, 6.45) is 5.26. The molecule has 166 valence electrons. The number of nitrogens with two attached hydrogens (primary N) is 1. The van der Waals surface area contributed by atoms with Crippen molar-refractivity contribution in [1.82, 2.24) is 15.1 Å². The predicted molar refractivity (Wildman–Crippen MR) is 124 cm³/mol. The Kier molecular flexibility index (Phi) is 4.75. The minimum absolute atomic E-state index is 0.425. The van der Waals surface area contributed by atoms with Gasteiger partial charge in [0.25, 0.3) is 5.89 Å². The van der Waals surface area contributed by atoms with Crippen molar-refractivity contribution >= 4 is 17.2 Å². The molecule has 4 heterocycles. The third kappa shape index (κ3) is 3.68. The van der Waals surface area contributed by atoms with Gasteiger partial charge >= 0.3 is 0 Å². The molecule has 1 aromatic carbocycles.